The Morgan fingerprint density at radius 3 is 2.67 bits per heavy atom. The molecule has 0 bridgehead atoms. The zero-order valence-electron chi connectivity index (χ0n) is 19.1. The highest BCUT2D eigenvalue weighted by Gasteiger charge is 2.22. The largest absolute Gasteiger partial charge is 0.369 e. The normalized spacial score (nSPS) is 15.5. The third kappa shape index (κ3) is 5.22. The third-order valence-corrected chi connectivity index (χ3v) is 6.31. The number of likely N-dealkylation sites (N-methyl/N-ethyl adjacent to an activating group) is 1. The highest BCUT2D eigenvalue weighted by Crippen LogP contribution is 2.28. The number of piperazine rings is 1. The molecule has 1 aliphatic rings. The predicted molar refractivity (Wildman–Crippen MR) is 128 cm³/mol. The molecule has 1 aromatic heterocycles. The number of fused-ring (bicyclic) bond motifs is 1. The zero-order valence-corrected chi connectivity index (χ0v) is 19.1. The summed E-state index contributed by atoms with van der Waals surface area (Å²) in [6, 6.07) is 11.6. The van der Waals surface area contributed by atoms with Crippen molar-refractivity contribution >= 4 is 22.5 Å². The first-order valence-corrected chi connectivity index (χ1v) is 11.5. The number of halogens is 1. The van der Waals surface area contributed by atoms with Crippen LogP contribution in [0.25, 0.3) is 10.9 Å². The lowest BCUT2D eigenvalue weighted by Gasteiger charge is -2.37. The molecule has 174 valence electrons. The first kappa shape index (κ1) is 22.9. The number of aromatic nitrogens is 2. The standard InChI is InChI=1S/C25H30FN5O2/c1-3-29-12-14-30(15-13-29)23-9-8-19(26)16-21(23)18(2)28-24(32)10-11-31-17-27-22-7-5-4-6-20(22)25(31)33/h4-9,16-18H,3,10-15H2,1-2H3,(H,28,32)/t18-/m1/s1. The van der Waals surface area contributed by atoms with Gasteiger partial charge in [0, 0.05) is 50.4 Å². The average molecular weight is 452 g/mol. The van der Waals surface area contributed by atoms with Crippen molar-refractivity contribution in [2.45, 2.75) is 32.9 Å². The van der Waals surface area contributed by atoms with Gasteiger partial charge in [0.25, 0.3) is 5.56 Å². The molecule has 1 saturated heterocycles. The molecule has 8 heteroatoms. The minimum absolute atomic E-state index is 0.129. The second-order valence-electron chi connectivity index (χ2n) is 8.42. The van der Waals surface area contributed by atoms with Crippen LogP contribution < -0.4 is 15.8 Å². The number of benzene rings is 2. The van der Waals surface area contributed by atoms with Crippen molar-refractivity contribution in [1.82, 2.24) is 19.8 Å². The summed E-state index contributed by atoms with van der Waals surface area (Å²) in [5, 5.41) is 3.50. The van der Waals surface area contributed by atoms with E-state index in [1.54, 1.807) is 24.3 Å². The molecule has 1 fully saturated rings. The molecule has 3 aromatic rings. The molecule has 0 aliphatic carbocycles. The number of amides is 1. The van der Waals surface area contributed by atoms with Crippen molar-refractivity contribution in [1.29, 1.82) is 0 Å². The Kier molecular flexibility index (Phi) is 7.03. The van der Waals surface area contributed by atoms with Gasteiger partial charge in [-0.15, -0.1) is 0 Å². The average Bonchev–Trinajstić information content (AvgIpc) is 2.84. The number of nitrogens with zero attached hydrogens (tertiary/aromatic N) is 4. The predicted octanol–water partition coefficient (Wildman–Crippen LogP) is 2.95. The molecule has 0 unspecified atom stereocenters. The van der Waals surface area contributed by atoms with Crippen molar-refractivity contribution in [3.05, 3.63) is 70.5 Å². The highest BCUT2D eigenvalue weighted by molar-refractivity contribution is 5.78. The Hall–Kier alpha value is -3.26. The Morgan fingerprint density at radius 1 is 1.15 bits per heavy atom. The van der Waals surface area contributed by atoms with Gasteiger partial charge >= 0.3 is 0 Å². The number of nitrogens with one attached hydrogen (secondary N) is 1. The lowest BCUT2D eigenvalue weighted by molar-refractivity contribution is -0.121. The van der Waals surface area contributed by atoms with Gasteiger partial charge in [-0.3, -0.25) is 14.2 Å². The maximum Gasteiger partial charge on any atom is 0.261 e. The fourth-order valence-electron chi connectivity index (χ4n) is 4.34. The number of hydrogen-bond donors (Lipinski definition) is 1. The van der Waals surface area contributed by atoms with Crippen LogP contribution in [0.5, 0.6) is 0 Å². The van der Waals surface area contributed by atoms with E-state index in [0.717, 1.165) is 44.0 Å². The van der Waals surface area contributed by atoms with Gasteiger partial charge in [-0.05, 0) is 43.8 Å². The molecular weight excluding hydrogens is 421 g/mol. The second-order valence-corrected chi connectivity index (χ2v) is 8.42. The van der Waals surface area contributed by atoms with Gasteiger partial charge in [-0.25, -0.2) is 9.37 Å². The number of hydrogen-bond acceptors (Lipinski definition) is 5. The molecule has 1 amide bonds. The van der Waals surface area contributed by atoms with Crippen LogP contribution in [-0.4, -0.2) is 53.1 Å². The molecule has 7 nitrogen and oxygen atoms in total. The van der Waals surface area contributed by atoms with Crippen molar-refractivity contribution in [3.63, 3.8) is 0 Å². The number of aryl methyl sites for hydroxylation is 1. The maximum atomic E-state index is 14.1. The fourth-order valence-corrected chi connectivity index (χ4v) is 4.34. The van der Waals surface area contributed by atoms with Crippen LogP contribution in [-0.2, 0) is 11.3 Å². The van der Waals surface area contributed by atoms with E-state index in [1.807, 2.05) is 13.0 Å². The van der Waals surface area contributed by atoms with Crippen LogP contribution in [0.3, 0.4) is 0 Å². The van der Waals surface area contributed by atoms with Gasteiger partial charge in [0.05, 0.1) is 23.3 Å². The highest BCUT2D eigenvalue weighted by atomic mass is 19.1. The van der Waals surface area contributed by atoms with E-state index in [2.05, 4.69) is 27.0 Å². The van der Waals surface area contributed by atoms with Gasteiger partial charge in [0.2, 0.25) is 5.91 Å². The molecule has 0 radical (unpaired) electrons. The zero-order chi connectivity index (χ0) is 23.4. The summed E-state index contributed by atoms with van der Waals surface area (Å²) < 4.78 is 15.5. The molecule has 1 atom stereocenters. The van der Waals surface area contributed by atoms with E-state index in [4.69, 9.17) is 0 Å². The summed E-state index contributed by atoms with van der Waals surface area (Å²) in [4.78, 5) is 34.2. The van der Waals surface area contributed by atoms with Crippen LogP contribution >= 0.6 is 0 Å². The summed E-state index contributed by atoms with van der Waals surface area (Å²) in [6.45, 7) is 8.92. The Morgan fingerprint density at radius 2 is 1.91 bits per heavy atom. The van der Waals surface area contributed by atoms with Crippen LogP contribution in [0.1, 0.15) is 31.9 Å². The minimum Gasteiger partial charge on any atom is -0.369 e. The number of anilines is 1. The van der Waals surface area contributed by atoms with Gasteiger partial charge in [0.15, 0.2) is 0 Å². The van der Waals surface area contributed by atoms with E-state index in [9.17, 15) is 14.0 Å². The molecule has 0 spiro atoms. The molecule has 0 saturated carbocycles. The molecule has 1 aliphatic heterocycles. The molecule has 2 heterocycles. The van der Waals surface area contributed by atoms with Gasteiger partial charge in [-0.2, -0.15) is 0 Å². The fraction of sp³-hybridized carbons (Fsp3) is 0.400. The van der Waals surface area contributed by atoms with E-state index in [0.29, 0.717) is 10.9 Å². The van der Waals surface area contributed by atoms with Gasteiger partial charge in [0.1, 0.15) is 5.82 Å². The molecule has 4 rings (SSSR count). The summed E-state index contributed by atoms with van der Waals surface area (Å²) in [5.74, 6) is -0.524. The maximum absolute atomic E-state index is 14.1. The minimum atomic E-state index is -0.362. The van der Waals surface area contributed by atoms with Crippen LogP contribution in [0.15, 0.2) is 53.6 Å². The number of carbonyl (C=O) groups excluding carboxylic acids is 1. The van der Waals surface area contributed by atoms with E-state index < -0.39 is 0 Å². The molecule has 33 heavy (non-hydrogen) atoms. The van der Waals surface area contributed by atoms with E-state index in [1.165, 1.54) is 23.0 Å². The van der Waals surface area contributed by atoms with Crippen molar-refractivity contribution in [2.75, 3.05) is 37.6 Å². The quantitative estimate of drug-likeness (QED) is 0.598. The number of rotatable bonds is 7. The number of para-hydroxylation sites is 1. The van der Waals surface area contributed by atoms with E-state index in [-0.39, 0.29) is 36.3 Å². The Balaban J connectivity index is 1.42. The van der Waals surface area contributed by atoms with Crippen molar-refractivity contribution in [3.8, 4) is 0 Å². The molecular formula is C25H30FN5O2. The Bertz CT molecular complexity index is 1190. The second kappa shape index (κ2) is 10.1. The monoisotopic (exact) mass is 451 g/mol. The third-order valence-electron chi connectivity index (χ3n) is 6.31. The molecule has 1 N–H and O–H groups in total. The van der Waals surface area contributed by atoms with Crippen LogP contribution in [0.2, 0.25) is 0 Å². The van der Waals surface area contributed by atoms with Crippen molar-refractivity contribution in [2.24, 2.45) is 0 Å². The summed E-state index contributed by atoms with van der Waals surface area (Å²) >= 11 is 0. The van der Waals surface area contributed by atoms with E-state index >= 15 is 0 Å². The van der Waals surface area contributed by atoms with Crippen LogP contribution in [0, 0.1) is 5.82 Å². The first-order valence-electron chi connectivity index (χ1n) is 11.5. The summed E-state index contributed by atoms with van der Waals surface area (Å²) in [7, 11) is 0. The summed E-state index contributed by atoms with van der Waals surface area (Å²) in [6.07, 6.45) is 1.60. The first-order chi connectivity index (χ1) is 16.0. The lowest BCUT2D eigenvalue weighted by Crippen LogP contribution is -2.46. The number of carbonyl (C=O) groups is 1. The SMILES string of the molecule is CCN1CCN(c2ccc(F)cc2[C@@H](C)NC(=O)CCn2cnc3ccccc3c2=O)CC1. The Labute approximate surface area is 192 Å². The van der Waals surface area contributed by atoms with Crippen molar-refractivity contribution < 1.29 is 9.18 Å². The van der Waals surface area contributed by atoms with Gasteiger partial charge in [-0.1, -0.05) is 19.1 Å². The lowest BCUT2D eigenvalue weighted by atomic mass is 10.0. The summed E-state index contributed by atoms with van der Waals surface area (Å²) in [5.41, 5.74) is 2.18. The van der Waals surface area contributed by atoms with Crippen LogP contribution in [0.4, 0.5) is 10.1 Å². The topological polar surface area (TPSA) is 70.5 Å². The van der Waals surface area contributed by atoms with Gasteiger partial charge < -0.3 is 15.1 Å². The smallest absolute Gasteiger partial charge is 0.261 e. The molecule has 2 aromatic carbocycles.